The summed E-state index contributed by atoms with van der Waals surface area (Å²) >= 11 is 12.3. The first kappa shape index (κ1) is 16.1. The highest BCUT2D eigenvalue weighted by Crippen LogP contribution is 2.25. The molecule has 1 N–H and O–H groups in total. The van der Waals surface area contributed by atoms with Crippen molar-refractivity contribution in [3.05, 3.63) is 33.8 Å². The van der Waals surface area contributed by atoms with E-state index in [2.05, 4.69) is 5.32 Å². The molecule has 0 saturated heterocycles. The van der Waals surface area contributed by atoms with Gasteiger partial charge < -0.3 is 5.32 Å². The molecule has 1 aromatic carbocycles. The summed E-state index contributed by atoms with van der Waals surface area (Å²) in [4.78, 5) is 0. The molecule has 0 atom stereocenters. The minimum Gasteiger partial charge on any atom is -0.310 e. The van der Waals surface area contributed by atoms with Gasteiger partial charge in [0.2, 0.25) is 0 Å². The molecular weight excluding hydrogens is 289 g/mol. The number of hydrogen-bond acceptors (Lipinski definition) is 1. The lowest BCUT2D eigenvalue weighted by Crippen LogP contribution is -2.28. The summed E-state index contributed by atoms with van der Waals surface area (Å²) in [5.41, 5.74) is 1.03. The van der Waals surface area contributed by atoms with Gasteiger partial charge in [0.05, 0.1) is 0 Å². The number of benzene rings is 1. The lowest BCUT2D eigenvalue weighted by atomic mass is 10.1. The van der Waals surface area contributed by atoms with E-state index < -0.39 is 0 Å². The molecule has 1 aliphatic rings. The first-order valence-corrected chi connectivity index (χ1v) is 7.19. The van der Waals surface area contributed by atoms with E-state index in [4.69, 9.17) is 23.2 Å². The maximum atomic E-state index is 6.16. The molecule has 1 aliphatic carbocycles. The molecule has 102 valence electrons. The zero-order valence-corrected chi connectivity index (χ0v) is 12.8. The van der Waals surface area contributed by atoms with Crippen molar-refractivity contribution in [3.63, 3.8) is 0 Å². The average Bonchev–Trinajstić information content (AvgIpc) is 2.57. The van der Waals surface area contributed by atoms with Crippen molar-refractivity contribution in [1.29, 1.82) is 0 Å². The van der Waals surface area contributed by atoms with Crippen molar-refractivity contribution in [3.8, 4) is 0 Å². The van der Waals surface area contributed by atoms with E-state index in [-0.39, 0.29) is 12.4 Å². The van der Waals surface area contributed by atoms with Crippen LogP contribution in [0.15, 0.2) is 18.2 Å². The highest BCUT2D eigenvalue weighted by molar-refractivity contribution is 6.35. The van der Waals surface area contributed by atoms with Crippen molar-refractivity contribution in [2.45, 2.75) is 51.1 Å². The highest BCUT2D eigenvalue weighted by atomic mass is 35.5. The minimum absolute atomic E-state index is 0. The Bertz CT molecular complexity index is 340. The fourth-order valence-electron chi connectivity index (χ4n) is 2.43. The van der Waals surface area contributed by atoms with Gasteiger partial charge in [-0.2, -0.15) is 0 Å². The largest absolute Gasteiger partial charge is 0.310 e. The molecule has 1 saturated carbocycles. The molecule has 1 aromatic rings. The predicted molar refractivity (Wildman–Crippen MR) is 82.0 cm³/mol. The van der Waals surface area contributed by atoms with E-state index in [0.717, 1.165) is 22.2 Å². The average molecular weight is 309 g/mol. The maximum Gasteiger partial charge on any atom is 0.0465 e. The van der Waals surface area contributed by atoms with Crippen LogP contribution in [-0.2, 0) is 6.54 Å². The molecule has 4 heteroatoms. The standard InChI is InChI=1S/C14H19Cl2N.ClH/c15-13-8-5-9-14(16)12(13)10-17-11-6-3-1-2-4-7-11;/h5,8-9,11,17H,1-4,6-7,10H2;1H. The van der Waals surface area contributed by atoms with Gasteiger partial charge in [-0.1, -0.05) is 55.0 Å². The van der Waals surface area contributed by atoms with E-state index in [1.807, 2.05) is 18.2 Å². The quantitative estimate of drug-likeness (QED) is 0.754. The zero-order valence-electron chi connectivity index (χ0n) is 10.4. The second kappa shape index (κ2) is 8.27. The van der Waals surface area contributed by atoms with Crippen LogP contribution < -0.4 is 5.32 Å². The molecule has 1 fully saturated rings. The lowest BCUT2D eigenvalue weighted by molar-refractivity contribution is 0.459. The Morgan fingerprint density at radius 1 is 1.00 bits per heavy atom. The van der Waals surface area contributed by atoms with Gasteiger partial charge in [0.25, 0.3) is 0 Å². The Labute approximate surface area is 126 Å². The van der Waals surface area contributed by atoms with Crippen molar-refractivity contribution < 1.29 is 0 Å². The van der Waals surface area contributed by atoms with Gasteiger partial charge in [0.1, 0.15) is 0 Å². The fraction of sp³-hybridized carbons (Fsp3) is 0.571. The van der Waals surface area contributed by atoms with Gasteiger partial charge in [-0.15, -0.1) is 12.4 Å². The number of hydrogen-bond donors (Lipinski definition) is 1. The molecule has 0 radical (unpaired) electrons. The molecule has 0 unspecified atom stereocenters. The first-order valence-electron chi connectivity index (χ1n) is 6.43. The topological polar surface area (TPSA) is 12.0 Å². The second-order valence-corrected chi connectivity index (χ2v) is 5.58. The van der Waals surface area contributed by atoms with Crippen LogP contribution >= 0.6 is 35.6 Å². The van der Waals surface area contributed by atoms with Gasteiger partial charge >= 0.3 is 0 Å². The molecule has 0 bridgehead atoms. The molecule has 0 amide bonds. The number of halogens is 3. The summed E-state index contributed by atoms with van der Waals surface area (Å²) in [5, 5.41) is 5.12. The zero-order chi connectivity index (χ0) is 12.1. The highest BCUT2D eigenvalue weighted by Gasteiger charge is 2.13. The third-order valence-corrected chi connectivity index (χ3v) is 4.19. The summed E-state index contributed by atoms with van der Waals surface area (Å²) in [6, 6.07) is 6.32. The molecular formula is C14H20Cl3N. The van der Waals surface area contributed by atoms with Crippen LogP contribution in [0.25, 0.3) is 0 Å². The minimum atomic E-state index is 0. The van der Waals surface area contributed by atoms with Gasteiger partial charge in [0.15, 0.2) is 0 Å². The van der Waals surface area contributed by atoms with Crippen LogP contribution in [0.4, 0.5) is 0 Å². The number of nitrogens with one attached hydrogen (secondary N) is 1. The van der Waals surface area contributed by atoms with Crippen LogP contribution in [0, 0.1) is 0 Å². The Kier molecular flexibility index (Phi) is 7.40. The van der Waals surface area contributed by atoms with E-state index in [9.17, 15) is 0 Å². The van der Waals surface area contributed by atoms with Crippen LogP contribution in [0.1, 0.15) is 44.1 Å². The van der Waals surface area contributed by atoms with Crippen LogP contribution in [0.5, 0.6) is 0 Å². The predicted octanol–water partition coefficient (Wildman–Crippen LogP) is 5.23. The van der Waals surface area contributed by atoms with Crippen LogP contribution in [-0.4, -0.2) is 6.04 Å². The summed E-state index contributed by atoms with van der Waals surface area (Å²) in [6.07, 6.45) is 8.00. The fourth-order valence-corrected chi connectivity index (χ4v) is 2.96. The molecule has 1 nitrogen and oxygen atoms in total. The van der Waals surface area contributed by atoms with Gasteiger partial charge in [-0.05, 0) is 25.0 Å². The first-order chi connectivity index (χ1) is 8.27. The summed E-state index contributed by atoms with van der Waals surface area (Å²) in [6.45, 7) is 0.781. The molecule has 0 spiro atoms. The number of rotatable bonds is 3. The molecule has 18 heavy (non-hydrogen) atoms. The van der Waals surface area contributed by atoms with E-state index in [1.54, 1.807) is 0 Å². The Morgan fingerprint density at radius 2 is 1.56 bits per heavy atom. The van der Waals surface area contributed by atoms with Crippen LogP contribution in [0.3, 0.4) is 0 Å². The molecule has 0 aromatic heterocycles. The second-order valence-electron chi connectivity index (χ2n) is 4.77. The third kappa shape index (κ3) is 4.62. The van der Waals surface area contributed by atoms with Crippen molar-refractivity contribution >= 4 is 35.6 Å². The normalized spacial score (nSPS) is 17.0. The molecule has 0 aliphatic heterocycles. The van der Waals surface area contributed by atoms with Crippen molar-refractivity contribution in [1.82, 2.24) is 5.32 Å². The van der Waals surface area contributed by atoms with E-state index in [0.29, 0.717) is 6.04 Å². The van der Waals surface area contributed by atoms with Crippen LogP contribution in [0.2, 0.25) is 10.0 Å². The molecule has 0 heterocycles. The Morgan fingerprint density at radius 3 is 2.11 bits per heavy atom. The Hall–Kier alpha value is 0.0500. The summed E-state index contributed by atoms with van der Waals surface area (Å²) in [7, 11) is 0. The summed E-state index contributed by atoms with van der Waals surface area (Å²) in [5.74, 6) is 0. The van der Waals surface area contributed by atoms with Gasteiger partial charge in [0, 0.05) is 28.2 Å². The van der Waals surface area contributed by atoms with E-state index >= 15 is 0 Å². The maximum absolute atomic E-state index is 6.16. The summed E-state index contributed by atoms with van der Waals surface area (Å²) < 4.78 is 0. The lowest BCUT2D eigenvalue weighted by Gasteiger charge is -2.17. The smallest absolute Gasteiger partial charge is 0.0465 e. The molecule has 2 rings (SSSR count). The van der Waals surface area contributed by atoms with Crippen molar-refractivity contribution in [2.24, 2.45) is 0 Å². The Balaban J connectivity index is 0.00000162. The van der Waals surface area contributed by atoms with Crippen molar-refractivity contribution in [2.75, 3.05) is 0 Å². The monoisotopic (exact) mass is 307 g/mol. The third-order valence-electron chi connectivity index (χ3n) is 3.48. The van der Waals surface area contributed by atoms with Gasteiger partial charge in [-0.25, -0.2) is 0 Å². The SMILES string of the molecule is Cl.Clc1cccc(Cl)c1CNC1CCCCCC1. The van der Waals surface area contributed by atoms with Gasteiger partial charge in [-0.3, -0.25) is 0 Å². The van der Waals surface area contributed by atoms with E-state index in [1.165, 1.54) is 38.5 Å².